The third kappa shape index (κ3) is 5.88. The molecule has 0 atom stereocenters. The van der Waals surface area contributed by atoms with Crippen LogP contribution in [0, 0.1) is 13.8 Å². The van der Waals surface area contributed by atoms with Crippen LogP contribution in [0.4, 0.5) is 14.5 Å². The first-order chi connectivity index (χ1) is 12.6. The van der Waals surface area contributed by atoms with Crippen molar-refractivity contribution in [3.63, 3.8) is 0 Å². The van der Waals surface area contributed by atoms with Gasteiger partial charge in [-0.15, -0.1) is 12.4 Å². The van der Waals surface area contributed by atoms with Crippen LogP contribution in [0.3, 0.4) is 0 Å². The normalized spacial score (nSPS) is 11.5. The van der Waals surface area contributed by atoms with Gasteiger partial charge in [0, 0.05) is 5.56 Å². The van der Waals surface area contributed by atoms with E-state index in [9.17, 15) is 22.0 Å². The Morgan fingerprint density at radius 1 is 1.11 bits per heavy atom. The fourth-order valence-corrected chi connectivity index (χ4v) is 3.44. The molecule has 28 heavy (non-hydrogen) atoms. The number of nitrogens with two attached hydrogens (primary N) is 1. The minimum atomic E-state index is -3.95. The van der Waals surface area contributed by atoms with E-state index in [1.54, 1.807) is 38.1 Å². The van der Waals surface area contributed by atoms with Crippen molar-refractivity contribution >= 4 is 34.0 Å². The Bertz CT molecular complexity index is 953. The summed E-state index contributed by atoms with van der Waals surface area (Å²) in [7, 11) is -3.95. The van der Waals surface area contributed by atoms with Gasteiger partial charge in [-0.2, -0.15) is 0 Å². The molecule has 10 heteroatoms. The second-order valence-corrected chi connectivity index (χ2v) is 7.82. The highest BCUT2D eigenvalue weighted by molar-refractivity contribution is 7.92. The summed E-state index contributed by atoms with van der Waals surface area (Å²) in [5.41, 5.74) is 6.53. The van der Waals surface area contributed by atoms with Crippen molar-refractivity contribution in [1.29, 1.82) is 0 Å². The number of hydrogen-bond donors (Lipinski definition) is 3. The van der Waals surface area contributed by atoms with E-state index in [0.717, 1.165) is 11.6 Å². The minimum absolute atomic E-state index is 0. The number of para-hydroxylation sites is 1. The standard InChI is InChI=1S/C18H21F2N3O3S.ClH/c1-12-7-8-14(9-15(12)17(24)22-11-18(19,20)10-21)27(25,26)23-16-6-4-3-5-13(16)2;/h3-9,23H,10-11,21H2,1-2H3,(H,22,24);1H. The lowest BCUT2D eigenvalue weighted by molar-refractivity contribution is 0.0118. The SMILES string of the molecule is Cc1ccccc1NS(=O)(=O)c1ccc(C)c(C(=O)NCC(F)(F)CN)c1.Cl. The number of nitrogens with one attached hydrogen (secondary N) is 2. The zero-order valence-corrected chi connectivity index (χ0v) is 17.0. The van der Waals surface area contributed by atoms with E-state index in [1.807, 2.05) is 0 Å². The molecule has 1 amide bonds. The number of amides is 1. The first kappa shape index (κ1) is 23.8. The van der Waals surface area contributed by atoms with Crippen molar-refractivity contribution in [2.45, 2.75) is 24.7 Å². The van der Waals surface area contributed by atoms with Gasteiger partial charge < -0.3 is 11.1 Å². The molecule has 0 unspecified atom stereocenters. The number of aryl methyl sites for hydroxylation is 2. The van der Waals surface area contributed by atoms with Crippen molar-refractivity contribution in [3.8, 4) is 0 Å². The summed E-state index contributed by atoms with van der Waals surface area (Å²) in [5, 5.41) is 2.08. The third-order valence-electron chi connectivity index (χ3n) is 3.96. The Morgan fingerprint density at radius 3 is 2.36 bits per heavy atom. The number of carbonyl (C=O) groups is 1. The van der Waals surface area contributed by atoms with Crippen LogP contribution in [0.1, 0.15) is 21.5 Å². The monoisotopic (exact) mass is 433 g/mol. The van der Waals surface area contributed by atoms with Crippen molar-refractivity contribution in [2.75, 3.05) is 17.8 Å². The molecule has 0 spiro atoms. The van der Waals surface area contributed by atoms with E-state index >= 15 is 0 Å². The van der Waals surface area contributed by atoms with Gasteiger partial charge >= 0.3 is 0 Å². The number of benzene rings is 2. The Hall–Kier alpha value is -2.23. The molecule has 0 heterocycles. The quantitative estimate of drug-likeness (QED) is 0.624. The third-order valence-corrected chi connectivity index (χ3v) is 5.32. The van der Waals surface area contributed by atoms with E-state index < -0.39 is 34.9 Å². The molecule has 4 N–H and O–H groups in total. The van der Waals surface area contributed by atoms with E-state index in [2.05, 4.69) is 10.0 Å². The Balaban J connectivity index is 0.00000392. The molecule has 0 radical (unpaired) electrons. The van der Waals surface area contributed by atoms with Crippen molar-refractivity contribution in [3.05, 3.63) is 59.2 Å². The predicted octanol–water partition coefficient (Wildman–Crippen LogP) is 2.85. The molecule has 0 fully saturated rings. The second kappa shape index (κ2) is 9.31. The lowest BCUT2D eigenvalue weighted by atomic mass is 10.1. The summed E-state index contributed by atoms with van der Waals surface area (Å²) in [4.78, 5) is 12.1. The zero-order chi connectivity index (χ0) is 20.2. The topological polar surface area (TPSA) is 101 Å². The maximum atomic E-state index is 13.2. The first-order valence-corrected chi connectivity index (χ1v) is 9.59. The Labute approximate surface area is 169 Å². The average Bonchev–Trinajstić information content (AvgIpc) is 2.62. The van der Waals surface area contributed by atoms with Crippen LogP contribution in [0.15, 0.2) is 47.4 Å². The van der Waals surface area contributed by atoms with Gasteiger partial charge in [-0.25, -0.2) is 17.2 Å². The number of anilines is 1. The van der Waals surface area contributed by atoms with Crippen LogP contribution in [0.2, 0.25) is 0 Å². The number of carbonyl (C=O) groups excluding carboxylic acids is 1. The second-order valence-electron chi connectivity index (χ2n) is 6.14. The van der Waals surface area contributed by atoms with E-state index in [0.29, 0.717) is 11.3 Å². The van der Waals surface area contributed by atoms with Gasteiger partial charge in [0.25, 0.3) is 21.9 Å². The summed E-state index contributed by atoms with van der Waals surface area (Å²) < 4.78 is 54.2. The van der Waals surface area contributed by atoms with Crippen molar-refractivity contribution in [1.82, 2.24) is 5.32 Å². The van der Waals surface area contributed by atoms with Crippen LogP contribution in [0.25, 0.3) is 0 Å². The van der Waals surface area contributed by atoms with Crippen molar-refractivity contribution in [2.24, 2.45) is 5.73 Å². The van der Waals surface area contributed by atoms with Crippen LogP contribution < -0.4 is 15.8 Å². The first-order valence-electron chi connectivity index (χ1n) is 8.11. The van der Waals surface area contributed by atoms with Crippen LogP contribution in [-0.2, 0) is 10.0 Å². The molecule has 0 aromatic heterocycles. The van der Waals surface area contributed by atoms with Gasteiger partial charge in [-0.05, 0) is 43.2 Å². The number of halogens is 3. The summed E-state index contributed by atoms with van der Waals surface area (Å²) in [5.74, 6) is -4.03. The summed E-state index contributed by atoms with van der Waals surface area (Å²) >= 11 is 0. The molecule has 0 aliphatic rings. The lowest BCUT2D eigenvalue weighted by Gasteiger charge is -2.16. The van der Waals surface area contributed by atoms with Gasteiger partial charge in [-0.3, -0.25) is 9.52 Å². The highest BCUT2D eigenvalue weighted by Crippen LogP contribution is 2.21. The van der Waals surface area contributed by atoms with Gasteiger partial charge in [0.15, 0.2) is 0 Å². The summed E-state index contributed by atoms with van der Waals surface area (Å²) in [6.45, 7) is 1.51. The maximum Gasteiger partial charge on any atom is 0.277 e. The summed E-state index contributed by atoms with van der Waals surface area (Å²) in [6.07, 6.45) is 0. The molecule has 2 aromatic rings. The Kier molecular flexibility index (Phi) is 7.92. The van der Waals surface area contributed by atoms with Crippen molar-refractivity contribution < 1.29 is 22.0 Å². The van der Waals surface area contributed by atoms with Crippen LogP contribution >= 0.6 is 12.4 Å². The highest BCUT2D eigenvalue weighted by Gasteiger charge is 2.28. The molecule has 0 bridgehead atoms. The molecular formula is C18H22ClF2N3O3S. The molecule has 6 nitrogen and oxygen atoms in total. The number of rotatable bonds is 7. The number of alkyl halides is 2. The van der Waals surface area contributed by atoms with E-state index in [-0.39, 0.29) is 22.9 Å². The molecule has 0 saturated carbocycles. The molecule has 2 aromatic carbocycles. The van der Waals surface area contributed by atoms with E-state index in [1.165, 1.54) is 12.1 Å². The molecule has 0 aliphatic heterocycles. The van der Waals surface area contributed by atoms with Gasteiger partial charge in [-0.1, -0.05) is 24.3 Å². The largest absolute Gasteiger partial charge is 0.346 e. The van der Waals surface area contributed by atoms with Gasteiger partial charge in [0.2, 0.25) is 0 Å². The molecule has 154 valence electrons. The molecule has 0 aliphatic carbocycles. The van der Waals surface area contributed by atoms with Crippen LogP contribution in [0.5, 0.6) is 0 Å². The smallest absolute Gasteiger partial charge is 0.277 e. The van der Waals surface area contributed by atoms with Crippen LogP contribution in [-0.4, -0.2) is 33.3 Å². The minimum Gasteiger partial charge on any atom is -0.346 e. The lowest BCUT2D eigenvalue weighted by Crippen LogP contribution is -2.41. The number of hydrogen-bond acceptors (Lipinski definition) is 4. The fraction of sp³-hybridized carbons (Fsp3) is 0.278. The average molecular weight is 434 g/mol. The Morgan fingerprint density at radius 2 is 1.75 bits per heavy atom. The fourth-order valence-electron chi connectivity index (χ4n) is 2.28. The molecule has 0 saturated heterocycles. The molecular weight excluding hydrogens is 412 g/mol. The highest BCUT2D eigenvalue weighted by atomic mass is 35.5. The van der Waals surface area contributed by atoms with Gasteiger partial charge in [0.1, 0.15) is 0 Å². The maximum absolute atomic E-state index is 13.2. The predicted molar refractivity (Wildman–Crippen MR) is 107 cm³/mol. The van der Waals surface area contributed by atoms with Gasteiger partial charge in [0.05, 0.1) is 23.7 Å². The summed E-state index contributed by atoms with van der Waals surface area (Å²) in [6, 6.07) is 10.8. The molecule has 2 rings (SSSR count). The van der Waals surface area contributed by atoms with E-state index in [4.69, 9.17) is 5.73 Å². The number of sulfonamides is 1. The zero-order valence-electron chi connectivity index (χ0n) is 15.3.